The summed E-state index contributed by atoms with van der Waals surface area (Å²) in [4.78, 5) is 2.05. The molecule has 0 aliphatic carbocycles. The maximum absolute atomic E-state index is 15.2. The summed E-state index contributed by atoms with van der Waals surface area (Å²) in [6.07, 6.45) is -1.01. The summed E-state index contributed by atoms with van der Waals surface area (Å²) >= 11 is 0. The van der Waals surface area contributed by atoms with Crippen molar-refractivity contribution >= 4 is 10.8 Å². The number of nitrogens with zero attached hydrogens (tertiary/aromatic N) is 1. The number of hydrogen-bond acceptors (Lipinski definition) is 1. The van der Waals surface area contributed by atoms with Gasteiger partial charge in [0.2, 0.25) is 0 Å². The second-order valence-corrected chi connectivity index (χ2v) is 6.29. The maximum Gasteiger partial charge on any atom is 0.133 e. The number of likely N-dealkylation sites (N-methyl/N-ethyl adjacent to an activating group) is 1. The molecule has 0 unspecified atom stereocenters. The molecule has 0 bridgehead atoms. The van der Waals surface area contributed by atoms with Crippen LogP contribution in [0.2, 0.25) is 0 Å². The van der Waals surface area contributed by atoms with Crippen LogP contribution in [0.1, 0.15) is 23.2 Å². The minimum atomic E-state index is -1.01. The molecule has 3 rings (SSSR count). The Hall–Kier alpha value is -2.19. The average molecular weight is 307 g/mol. The molecule has 0 radical (unpaired) electrons. The summed E-state index contributed by atoms with van der Waals surface area (Å²) in [6, 6.07) is 24.0. The Bertz CT molecular complexity index is 767. The van der Waals surface area contributed by atoms with E-state index in [0.29, 0.717) is 6.54 Å². The second-order valence-electron chi connectivity index (χ2n) is 6.29. The molecule has 0 fully saturated rings. The van der Waals surface area contributed by atoms with E-state index in [1.807, 2.05) is 56.6 Å². The van der Waals surface area contributed by atoms with Crippen LogP contribution in [0.25, 0.3) is 10.8 Å². The predicted molar refractivity (Wildman–Crippen MR) is 95.5 cm³/mol. The van der Waals surface area contributed by atoms with Gasteiger partial charge in [-0.15, -0.1) is 0 Å². The Balaban J connectivity index is 2.00. The summed E-state index contributed by atoms with van der Waals surface area (Å²) in [7, 11) is 3.98. The van der Waals surface area contributed by atoms with Crippen molar-refractivity contribution in [2.75, 3.05) is 20.6 Å². The number of benzene rings is 3. The second kappa shape index (κ2) is 6.93. The highest BCUT2D eigenvalue weighted by Gasteiger charge is 2.25. The van der Waals surface area contributed by atoms with Crippen LogP contribution in [0.4, 0.5) is 4.39 Å². The van der Waals surface area contributed by atoms with Gasteiger partial charge in [0.1, 0.15) is 6.17 Å². The van der Waals surface area contributed by atoms with E-state index in [2.05, 4.69) is 35.2 Å². The van der Waals surface area contributed by atoms with Gasteiger partial charge in [0, 0.05) is 12.5 Å². The van der Waals surface area contributed by atoms with E-state index in [9.17, 15) is 0 Å². The smallest absolute Gasteiger partial charge is 0.133 e. The van der Waals surface area contributed by atoms with Crippen LogP contribution >= 0.6 is 0 Å². The van der Waals surface area contributed by atoms with Gasteiger partial charge in [-0.25, -0.2) is 4.39 Å². The highest BCUT2D eigenvalue weighted by Crippen LogP contribution is 2.35. The van der Waals surface area contributed by atoms with Gasteiger partial charge < -0.3 is 4.90 Å². The molecule has 0 spiro atoms. The van der Waals surface area contributed by atoms with E-state index >= 15 is 4.39 Å². The Labute approximate surface area is 137 Å². The first-order valence-corrected chi connectivity index (χ1v) is 7.97. The molecule has 0 N–H and O–H groups in total. The molecule has 0 aliphatic rings. The minimum absolute atomic E-state index is 0.183. The number of hydrogen-bond donors (Lipinski definition) is 0. The van der Waals surface area contributed by atoms with Gasteiger partial charge in [0.25, 0.3) is 0 Å². The third kappa shape index (κ3) is 3.59. The van der Waals surface area contributed by atoms with Gasteiger partial charge in [-0.1, -0.05) is 72.8 Å². The highest BCUT2D eigenvalue weighted by molar-refractivity contribution is 5.83. The quantitative estimate of drug-likeness (QED) is 0.626. The van der Waals surface area contributed by atoms with E-state index in [1.165, 1.54) is 5.39 Å². The van der Waals surface area contributed by atoms with E-state index in [4.69, 9.17) is 0 Å². The molecular formula is C21H22FN. The predicted octanol–water partition coefficient (Wildman–Crippen LogP) is 5.20. The van der Waals surface area contributed by atoms with Gasteiger partial charge in [-0.2, -0.15) is 0 Å². The highest BCUT2D eigenvalue weighted by atomic mass is 19.1. The first kappa shape index (κ1) is 15.7. The Kier molecular flexibility index (Phi) is 4.73. The Morgan fingerprint density at radius 3 is 2.13 bits per heavy atom. The van der Waals surface area contributed by atoms with Crippen molar-refractivity contribution in [3.05, 3.63) is 83.9 Å². The van der Waals surface area contributed by atoms with Crippen LogP contribution in [0.5, 0.6) is 0 Å². The fourth-order valence-corrected chi connectivity index (χ4v) is 3.07. The number of rotatable bonds is 5. The fraction of sp³-hybridized carbons (Fsp3) is 0.238. The summed E-state index contributed by atoms with van der Waals surface area (Å²) in [5.74, 6) is -0.183. The maximum atomic E-state index is 15.2. The summed E-state index contributed by atoms with van der Waals surface area (Å²) in [6.45, 7) is 0.675. The van der Waals surface area contributed by atoms with Crippen molar-refractivity contribution in [3.63, 3.8) is 0 Å². The van der Waals surface area contributed by atoms with Crippen LogP contribution < -0.4 is 0 Å². The van der Waals surface area contributed by atoms with Crippen LogP contribution in [0.15, 0.2) is 72.8 Å². The Morgan fingerprint density at radius 1 is 0.783 bits per heavy atom. The monoisotopic (exact) mass is 307 g/mol. The molecular weight excluding hydrogens is 285 g/mol. The summed E-state index contributed by atoms with van der Waals surface area (Å²) < 4.78 is 15.2. The van der Waals surface area contributed by atoms with Gasteiger partial charge in [-0.3, -0.25) is 0 Å². The van der Waals surface area contributed by atoms with Crippen molar-refractivity contribution in [2.24, 2.45) is 0 Å². The molecule has 23 heavy (non-hydrogen) atoms. The van der Waals surface area contributed by atoms with Crippen molar-refractivity contribution in [2.45, 2.75) is 12.1 Å². The summed E-state index contributed by atoms with van der Waals surface area (Å²) in [5, 5.41) is 2.35. The van der Waals surface area contributed by atoms with E-state index in [-0.39, 0.29) is 5.92 Å². The van der Waals surface area contributed by atoms with Crippen molar-refractivity contribution in [3.8, 4) is 0 Å². The molecule has 0 aliphatic heterocycles. The standard InChI is InChI=1S/C21H22FN/c1-23(2)15-20(21(22)17-9-4-3-5-10-17)19-13-12-16-8-6-7-11-18(16)14-19/h3-14,20-21H,15H2,1-2H3/t20-,21-/m0/s1. The molecule has 0 heterocycles. The van der Waals surface area contributed by atoms with Crippen LogP contribution in [-0.4, -0.2) is 25.5 Å². The lowest BCUT2D eigenvalue weighted by Gasteiger charge is -2.25. The number of fused-ring (bicyclic) bond motifs is 1. The molecule has 1 nitrogen and oxygen atoms in total. The van der Waals surface area contributed by atoms with Gasteiger partial charge in [0.15, 0.2) is 0 Å². The van der Waals surface area contributed by atoms with Crippen molar-refractivity contribution in [1.29, 1.82) is 0 Å². The lowest BCUT2D eigenvalue weighted by Crippen LogP contribution is -2.23. The first-order chi connectivity index (χ1) is 11.1. The normalized spacial score (nSPS) is 14.1. The van der Waals surface area contributed by atoms with Crippen LogP contribution in [-0.2, 0) is 0 Å². The minimum Gasteiger partial charge on any atom is -0.309 e. The zero-order valence-corrected chi connectivity index (χ0v) is 13.6. The van der Waals surface area contributed by atoms with Crippen molar-refractivity contribution in [1.82, 2.24) is 4.90 Å². The lowest BCUT2D eigenvalue weighted by molar-refractivity contribution is 0.240. The van der Waals surface area contributed by atoms with Gasteiger partial charge >= 0.3 is 0 Å². The van der Waals surface area contributed by atoms with Gasteiger partial charge in [-0.05, 0) is 36.0 Å². The zero-order valence-electron chi connectivity index (χ0n) is 13.6. The molecule has 0 saturated heterocycles. The van der Waals surface area contributed by atoms with Crippen molar-refractivity contribution < 1.29 is 4.39 Å². The topological polar surface area (TPSA) is 3.24 Å². The SMILES string of the molecule is CN(C)C[C@@H](c1ccc2ccccc2c1)[C@@H](F)c1ccccc1. The molecule has 3 aromatic rings. The van der Waals surface area contributed by atoms with E-state index in [1.54, 1.807) is 0 Å². The zero-order chi connectivity index (χ0) is 16.2. The number of alkyl halides is 1. The third-order valence-corrected chi connectivity index (χ3v) is 4.23. The molecule has 3 aromatic carbocycles. The molecule has 2 heteroatoms. The Morgan fingerprint density at radius 2 is 1.43 bits per heavy atom. The molecule has 2 atom stereocenters. The molecule has 0 saturated carbocycles. The third-order valence-electron chi connectivity index (χ3n) is 4.23. The first-order valence-electron chi connectivity index (χ1n) is 7.97. The molecule has 118 valence electrons. The van der Waals surface area contributed by atoms with E-state index < -0.39 is 6.17 Å². The fourth-order valence-electron chi connectivity index (χ4n) is 3.07. The van der Waals surface area contributed by atoms with Gasteiger partial charge in [0.05, 0.1) is 0 Å². The lowest BCUT2D eigenvalue weighted by atomic mass is 9.88. The average Bonchev–Trinajstić information content (AvgIpc) is 2.59. The number of halogens is 1. The van der Waals surface area contributed by atoms with E-state index in [0.717, 1.165) is 16.5 Å². The molecule has 0 aromatic heterocycles. The molecule has 0 amide bonds. The summed E-state index contributed by atoms with van der Waals surface area (Å²) in [5.41, 5.74) is 1.79. The van der Waals surface area contributed by atoms with Crippen LogP contribution in [0.3, 0.4) is 0 Å². The largest absolute Gasteiger partial charge is 0.309 e. The van der Waals surface area contributed by atoms with Crippen LogP contribution in [0, 0.1) is 0 Å².